The van der Waals surface area contributed by atoms with Crippen molar-refractivity contribution in [2.75, 3.05) is 26.8 Å². The normalized spacial score (nSPS) is 9.56. The topological polar surface area (TPSA) is 62.6 Å². The molecule has 0 unspecified atom stereocenters. The molecular weight excluding hydrogens is 232 g/mol. The Labute approximate surface area is 107 Å². The minimum Gasteiger partial charge on any atom is -0.410 e. The van der Waals surface area contributed by atoms with Crippen LogP contribution in [0, 0.1) is 11.3 Å². The Hall–Kier alpha value is -2.06. The van der Waals surface area contributed by atoms with Gasteiger partial charge in [-0.15, -0.1) is 0 Å². The van der Waals surface area contributed by atoms with Crippen molar-refractivity contribution in [1.29, 1.82) is 5.26 Å². The first-order valence-corrected chi connectivity index (χ1v) is 5.65. The maximum atomic E-state index is 11.9. The molecular formula is C13H16N2O3. The lowest BCUT2D eigenvalue weighted by atomic mass is 10.3. The molecule has 0 heterocycles. The maximum Gasteiger partial charge on any atom is 0.415 e. The highest BCUT2D eigenvalue weighted by Crippen LogP contribution is 2.10. The molecule has 0 aromatic heterocycles. The standard InChI is InChI=1S/C13H16N2O3/c1-17-11-10-15(9-5-8-14)13(16)18-12-6-3-2-4-7-12/h2-4,6-7H,5,9-11H2,1H3. The Morgan fingerprint density at radius 1 is 1.33 bits per heavy atom. The van der Waals surface area contributed by atoms with Crippen molar-refractivity contribution < 1.29 is 14.3 Å². The molecule has 18 heavy (non-hydrogen) atoms. The number of hydrogen-bond donors (Lipinski definition) is 0. The number of carbonyl (C=O) groups excluding carboxylic acids is 1. The number of hydrogen-bond acceptors (Lipinski definition) is 4. The summed E-state index contributed by atoms with van der Waals surface area (Å²) in [5.74, 6) is 0.488. The highest BCUT2D eigenvalue weighted by molar-refractivity contribution is 5.70. The molecule has 1 aromatic rings. The fourth-order valence-corrected chi connectivity index (χ4v) is 1.33. The van der Waals surface area contributed by atoms with E-state index in [0.29, 0.717) is 25.4 Å². The number of rotatable bonds is 6. The smallest absolute Gasteiger partial charge is 0.410 e. The van der Waals surface area contributed by atoms with E-state index in [1.54, 1.807) is 31.4 Å². The van der Waals surface area contributed by atoms with Crippen LogP contribution < -0.4 is 4.74 Å². The lowest BCUT2D eigenvalue weighted by molar-refractivity contribution is 0.124. The van der Waals surface area contributed by atoms with Gasteiger partial charge in [-0.25, -0.2) is 4.79 Å². The summed E-state index contributed by atoms with van der Waals surface area (Å²) in [7, 11) is 1.56. The van der Waals surface area contributed by atoms with Crippen LogP contribution in [0.4, 0.5) is 4.79 Å². The van der Waals surface area contributed by atoms with Gasteiger partial charge in [0.1, 0.15) is 5.75 Å². The first kappa shape index (κ1) is 14.0. The maximum absolute atomic E-state index is 11.9. The molecule has 0 aliphatic carbocycles. The second-order valence-electron chi connectivity index (χ2n) is 3.57. The van der Waals surface area contributed by atoms with Crippen LogP contribution in [-0.2, 0) is 4.74 Å². The summed E-state index contributed by atoms with van der Waals surface area (Å²) in [6, 6.07) is 10.8. The lowest BCUT2D eigenvalue weighted by Crippen LogP contribution is -2.36. The van der Waals surface area contributed by atoms with Gasteiger partial charge in [0, 0.05) is 20.2 Å². The number of amides is 1. The number of nitrogens with zero attached hydrogens (tertiary/aromatic N) is 2. The summed E-state index contributed by atoms with van der Waals surface area (Å²) in [5.41, 5.74) is 0. The average molecular weight is 248 g/mol. The molecule has 1 amide bonds. The van der Waals surface area contributed by atoms with Gasteiger partial charge in [0.25, 0.3) is 0 Å². The first-order valence-electron chi connectivity index (χ1n) is 5.65. The molecule has 0 aliphatic rings. The monoisotopic (exact) mass is 248 g/mol. The van der Waals surface area contributed by atoms with Crippen molar-refractivity contribution in [3.63, 3.8) is 0 Å². The van der Waals surface area contributed by atoms with Gasteiger partial charge < -0.3 is 14.4 Å². The molecule has 0 saturated heterocycles. The number of para-hydroxylation sites is 1. The average Bonchev–Trinajstić information content (AvgIpc) is 2.40. The van der Waals surface area contributed by atoms with Gasteiger partial charge >= 0.3 is 6.09 Å². The number of methoxy groups -OCH3 is 1. The molecule has 0 bridgehead atoms. The van der Waals surface area contributed by atoms with Crippen LogP contribution in [0.1, 0.15) is 6.42 Å². The van der Waals surface area contributed by atoms with Crippen LogP contribution in [0.3, 0.4) is 0 Å². The summed E-state index contributed by atoms with van der Waals surface area (Å²) >= 11 is 0. The van der Waals surface area contributed by atoms with Gasteiger partial charge in [-0.3, -0.25) is 0 Å². The van der Waals surface area contributed by atoms with Crippen LogP contribution in [0.2, 0.25) is 0 Å². The largest absolute Gasteiger partial charge is 0.415 e. The third-order valence-corrected chi connectivity index (χ3v) is 2.27. The van der Waals surface area contributed by atoms with E-state index in [0.717, 1.165) is 0 Å². The minimum atomic E-state index is -0.464. The van der Waals surface area contributed by atoms with Gasteiger partial charge in [-0.2, -0.15) is 5.26 Å². The fourth-order valence-electron chi connectivity index (χ4n) is 1.33. The molecule has 96 valence electrons. The second kappa shape index (κ2) is 8.09. The fraction of sp³-hybridized carbons (Fsp3) is 0.385. The van der Waals surface area contributed by atoms with Gasteiger partial charge in [-0.1, -0.05) is 18.2 Å². The molecule has 5 nitrogen and oxygen atoms in total. The van der Waals surface area contributed by atoms with E-state index in [1.165, 1.54) is 4.90 Å². The Kier molecular flexibility index (Phi) is 6.30. The highest BCUT2D eigenvalue weighted by atomic mass is 16.6. The van der Waals surface area contributed by atoms with Gasteiger partial charge in [-0.05, 0) is 12.1 Å². The van der Waals surface area contributed by atoms with Crippen molar-refractivity contribution in [1.82, 2.24) is 4.90 Å². The number of benzene rings is 1. The number of ether oxygens (including phenoxy) is 2. The molecule has 0 spiro atoms. The summed E-state index contributed by atoms with van der Waals surface area (Å²) < 4.78 is 10.1. The van der Waals surface area contributed by atoms with E-state index in [2.05, 4.69) is 0 Å². The summed E-state index contributed by atoms with van der Waals surface area (Å²) in [6.07, 6.45) is -0.193. The number of nitriles is 1. The van der Waals surface area contributed by atoms with Crippen molar-refractivity contribution in [2.24, 2.45) is 0 Å². The molecule has 0 saturated carbocycles. The SMILES string of the molecule is COCCN(CCC#N)C(=O)Oc1ccccc1. The Morgan fingerprint density at radius 2 is 2.06 bits per heavy atom. The van der Waals surface area contributed by atoms with E-state index in [9.17, 15) is 4.79 Å². The highest BCUT2D eigenvalue weighted by Gasteiger charge is 2.14. The van der Waals surface area contributed by atoms with Gasteiger partial charge in [0.15, 0.2) is 0 Å². The zero-order valence-electron chi connectivity index (χ0n) is 10.3. The molecule has 0 atom stereocenters. The molecule has 0 aliphatic heterocycles. The van der Waals surface area contributed by atoms with Crippen molar-refractivity contribution in [3.05, 3.63) is 30.3 Å². The van der Waals surface area contributed by atoms with Gasteiger partial charge in [0.05, 0.1) is 19.1 Å². The van der Waals surface area contributed by atoms with E-state index in [1.807, 2.05) is 12.1 Å². The molecule has 1 rings (SSSR count). The zero-order chi connectivity index (χ0) is 13.2. The predicted octanol–water partition coefficient (Wildman–Crippen LogP) is 2.05. The van der Waals surface area contributed by atoms with Crippen LogP contribution in [-0.4, -0.2) is 37.8 Å². The third kappa shape index (κ3) is 4.85. The Balaban J connectivity index is 2.55. The molecule has 1 aromatic carbocycles. The molecule has 0 radical (unpaired) electrons. The van der Waals surface area contributed by atoms with E-state index in [4.69, 9.17) is 14.7 Å². The summed E-state index contributed by atoms with van der Waals surface area (Å²) in [6.45, 7) is 1.16. The quantitative estimate of drug-likeness (QED) is 0.773. The van der Waals surface area contributed by atoms with E-state index in [-0.39, 0.29) is 6.42 Å². The summed E-state index contributed by atoms with van der Waals surface area (Å²) in [4.78, 5) is 13.3. The van der Waals surface area contributed by atoms with Gasteiger partial charge in [0.2, 0.25) is 0 Å². The lowest BCUT2D eigenvalue weighted by Gasteiger charge is -2.20. The zero-order valence-corrected chi connectivity index (χ0v) is 10.3. The van der Waals surface area contributed by atoms with E-state index < -0.39 is 6.09 Å². The predicted molar refractivity (Wildman–Crippen MR) is 66.1 cm³/mol. The summed E-state index contributed by atoms with van der Waals surface area (Å²) in [5, 5.41) is 8.55. The Morgan fingerprint density at radius 3 is 2.67 bits per heavy atom. The van der Waals surface area contributed by atoms with E-state index >= 15 is 0 Å². The first-order chi connectivity index (χ1) is 8.77. The molecule has 0 fully saturated rings. The number of carbonyl (C=O) groups is 1. The van der Waals surface area contributed by atoms with Crippen LogP contribution in [0.25, 0.3) is 0 Å². The molecule has 5 heteroatoms. The van der Waals surface area contributed by atoms with Crippen LogP contribution in [0.15, 0.2) is 30.3 Å². The van der Waals surface area contributed by atoms with Crippen molar-refractivity contribution in [2.45, 2.75) is 6.42 Å². The van der Waals surface area contributed by atoms with Crippen molar-refractivity contribution in [3.8, 4) is 11.8 Å². The van der Waals surface area contributed by atoms with Crippen LogP contribution in [0.5, 0.6) is 5.75 Å². The second-order valence-corrected chi connectivity index (χ2v) is 3.57. The third-order valence-electron chi connectivity index (χ3n) is 2.27. The van der Waals surface area contributed by atoms with Crippen LogP contribution >= 0.6 is 0 Å². The molecule has 0 N–H and O–H groups in total. The van der Waals surface area contributed by atoms with Crippen molar-refractivity contribution >= 4 is 6.09 Å². The Bertz CT molecular complexity index is 400. The minimum absolute atomic E-state index is 0.271.